The molecule has 1 heterocycles. The van der Waals surface area contributed by atoms with Crippen LogP contribution in [0.15, 0.2) is 24.3 Å². The number of para-hydroxylation sites is 1. The predicted octanol–water partition coefficient (Wildman–Crippen LogP) is 1.42. The smallest absolute Gasteiger partial charge is 0.322 e. The Bertz CT molecular complexity index is 502. The highest BCUT2D eigenvalue weighted by Gasteiger charge is 2.22. The molecule has 0 spiro atoms. The van der Waals surface area contributed by atoms with Gasteiger partial charge in [0, 0.05) is 24.7 Å². The van der Waals surface area contributed by atoms with Crippen LogP contribution >= 0.6 is 0 Å². The largest absolute Gasteiger partial charge is 0.480 e. The predicted molar refractivity (Wildman–Crippen MR) is 76.8 cm³/mol. The fraction of sp³-hybridized carbons (Fsp3) is 0.467. The van der Waals surface area contributed by atoms with Crippen molar-refractivity contribution >= 4 is 17.6 Å². The molecule has 0 fully saturated rings. The Morgan fingerprint density at radius 2 is 2.15 bits per heavy atom. The monoisotopic (exact) mass is 276 g/mol. The molecule has 0 saturated heterocycles. The lowest BCUT2D eigenvalue weighted by atomic mass is 9.96. The number of amides is 1. The van der Waals surface area contributed by atoms with Crippen LogP contribution in [0.4, 0.5) is 5.69 Å². The highest BCUT2D eigenvalue weighted by molar-refractivity contribution is 5.81. The first-order valence-electron chi connectivity index (χ1n) is 6.91. The molecule has 2 rings (SSSR count). The van der Waals surface area contributed by atoms with Crippen LogP contribution in [0.3, 0.4) is 0 Å². The van der Waals surface area contributed by atoms with Crippen molar-refractivity contribution in [2.24, 2.45) is 0 Å². The van der Waals surface area contributed by atoms with E-state index in [1.165, 1.54) is 11.3 Å². The second-order valence-corrected chi connectivity index (χ2v) is 5.13. The molecular formula is C15H20N2O3. The molecule has 5 heteroatoms. The van der Waals surface area contributed by atoms with Crippen molar-refractivity contribution in [3.63, 3.8) is 0 Å². The number of aliphatic carboxylic acids is 1. The number of carbonyl (C=O) groups excluding carboxylic acids is 1. The number of nitrogens with one attached hydrogen (secondary N) is 1. The van der Waals surface area contributed by atoms with E-state index in [9.17, 15) is 9.59 Å². The van der Waals surface area contributed by atoms with Gasteiger partial charge in [-0.1, -0.05) is 18.2 Å². The fourth-order valence-corrected chi connectivity index (χ4v) is 2.59. The molecular weight excluding hydrogens is 256 g/mol. The van der Waals surface area contributed by atoms with Crippen LogP contribution in [0.5, 0.6) is 0 Å². The first kappa shape index (κ1) is 14.4. The SMILES string of the molecule is C[C@H]1CCc2ccccc2N1CCC(=O)NCC(=O)O. The second kappa shape index (κ2) is 6.41. The molecule has 0 aliphatic carbocycles. The maximum Gasteiger partial charge on any atom is 0.322 e. The third-order valence-electron chi connectivity index (χ3n) is 3.68. The van der Waals surface area contributed by atoms with Gasteiger partial charge in [0.05, 0.1) is 0 Å². The van der Waals surface area contributed by atoms with Crippen LogP contribution in [-0.2, 0) is 16.0 Å². The molecule has 1 amide bonds. The summed E-state index contributed by atoms with van der Waals surface area (Å²) >= 11 is 0. The Balaban J connectivity index is 1.95. The van der Waals surface area contributed by atoms with Crippen molar-refractivity contribution in [3.8, 4) is 0 Å². The molecule has 20 heavy (non-hydrogen) atoms. The van der Waals surface area contributed by atoms with Crippen molar-refractivity contribution < 1.29 is 14.7 Å². The summed E-state index contributed by atoms with van der Waals surface area (Å²) in [5.41, 5.74) is 2.51. The number of fused-ring (bicyclic) bond motifs is 1. The van der Waals surface area contributed by atoms with Gasteiger partial charge >= 0.3 is 5.97 Å². The summed E-state index contributed by atoms with van der Waals surface area (Å²) in [7, 11) is 0. The highest BCUT2D eigenvalue weighted by atomic mass is 16.4. The zero-order chi connectivity index (χ0) is 14.5. The van der Waals surface area contributed by atoms with E-state index in [0.29, 0.717) is 19.0 Å². The van der Waals surface area contributed by atoms with Gasteiger partial charge in [0.2, 0.25) is 5.91 Å². The Labute approximate surface area is 118 Å². The molecule has 1 aliphatic heterocycles. The summed E-state index contributed by atoms with van der Waals surface area (Å²) in [6.07, 6.45) is 2.46. The molecule has 0 unspecified atom stereocenters. The van der Waals surface area contributed by atoms with Crippen molar-refractivity contribution in [3.05, 3.63) is 29.8 Å². The van der Waals surface area contributed by atoms with Gasteiger partial charge in [-0.3, -0.25) is 9.59 Å². The molecule has 1 aliphatic rings. The number of carboxylic acid groups (broad SMARTS) is 1. The number of hydrogen-bond acceptors (Lipinski definition) is 3. The lowest BCUT2D eigenvalue weighted by Gasteiger charge is -2.37. The molecule has 0 saturated carbocycles. The fourth-order valence-electron chi connectivity index (χ4n) is 2.59. The topological polar surface area (TPSA) is 69.6 Å². The van der Waals surface area contributed by atoms with Crippen molar-refractivity contribution in [2.45, 2.75) is 32.2 Å². The third kappa shape index (κ3) is 3.50. The number of carboxylic acids is 1. The van der Waals surface area contributed by atoms with Gasteiger partial charge in [-0.2, -0.15) is 0 Å². The number of rotatable bonds is 5. The van der Waals surface area contributed by atoms with E-state index in [1.54, 1.807) is 0 Å². The minimum absolute atomic E-state index is 0.220. The second-order valence-electron chi connectivity index (χ2n) is 5.13. The Hall–Kier alpha value is -2.04. The first-order chi connectivity index (χ1) is 9.58. The number of benzene rings is 1. The average Bonchev–Trinajstić information content (AvgIpc) is 2.44. The average molecular weight is 276 g/mol. The summed E-state index contributed by atoms with van der Waals surface area (Å²) < 4.78 is 0. The van der Waals surface area contributed by atoms with E-state index in [4.69, 9.17) is 5.11 Å². The standard InChI is InChI=1S/C15H20N2O3/c1-11-6-7-12-4-2-3-5-13(12)17(11)9-8-14(18)16-10-15(19)20/h2-5,11H,6-10H2,1H3,(H,16,18)(H,19,20)/t11-/m0/s1. The third-order valence-corrected chi connectivity index (χ3v) is 3.68. The van der Waals surface area contributed by atoms with E-state index in [1.807, 2.05) is 12.1 Å². The van der Waals surface area contributed by atoms with Crippen LogP contribution in [0.1, 0.15) is 25.3 Å². The van der Waals surface area contributed by atoms with E-state index in [-0.39, 0.29) is 12.5 Å². The van der Waals surface area contributed by atoms with Gasteiger partial charge in [0.25, 0.3) is 0 Å². The molecule has 1 aromatic rings. The Morgan fingerprint density at radius 3 is 2.90 bits per heavy atom. The molecule has 108 valence electrons. The van der Waals surface area contributed by atoms with Crippen molar-refractivity contribution in [1.29, 1.82) is 0 Å². The van der Waals surface area contributed by atoms with Crippen LogP contribution in [0, 0.1) is 0 Å². The van der Waals surface area contributed by atoms with Crippen LogP contribution < -0.4 is 10.2 Å². The molecule has 1 aromatic carbocycles. The van der Waals surface area contributed by atoms with Crippen LogP contribution in [0.2, 0.25) is 0 Å². The first-order valence-corrected chi connectivity index (χ1v) is 6.91. The van der Waals surface area contributed by atoms with Crippen LogP contribution in [0.25, 0.3) is 0 Å². The summed E-state index contributed by atoms with van der Waals surface area (Å²) in [6.45, 7) is 2.46. The van der Waals surface area contributed by atoms with Crippen molar-refractivity contribution in [2.75, 3.05) is 18.0 Å². The van der Waals surface area contributed by atoms with E-state index >= 15 is 0 Å². The highest BCUT2D eigenvalue weighted by Crippen LogP contribution is 2.30. The van der Waals surface area contributed by atoms with Gasteiger partial charge in [-0.15, -0.1) is 0 Å². The molecule has 2 N–H and O–H groups in total. The quantitative estimate of drug-likeness (QED) is 0.853. The van der Waals surface area contributed by atoms with E-state index in [0.717, 1.165) is 12.8 Å². The van der Waals surface area contributed by atoms with E-state index < -0.39 is 5.97 Å². The molecule has 0 radical (unpaired) electrons. The number of anilines is 1. The van der Waals surface area contributed by atoms with Gasteiger partial charge in [0.1, 0.15) is 6.54 Å². The van der Waals surface area contributed by atoms with Crippen molar-refractivity contribution in [1.82, 2.24) is 5.32 Å². The van der Waals surface area contributed by atoms with Gasteiger partial charge in [0.15, 0.2) is 0 Å². The number of nitrogens with zero attached hydrogens (tertiary/aromatic N) is 1. The lowest BCUT2D eigenvalue weighted by Crippen LogP contribution is -2.40. The maximum absolute atomic E-state index is 11.6. The zero-order valence-corrected chi connectivity index (χ0v) is 11.6. The van der Waals surface area contributed by atoms with Gasteiger partial charge in [-0.05, 0) is 31.4 Å². The lowest BCUT2D eigenvalue weighted by molar-refractivity contribution is -0.137. The number of hydrogen-bond donors (Lipinski definition) is 2. The summed E-state index contributed by atoms with van der Waals surface area (Å²) in [5, 5.41) is 10.9. The zero-order valence-electron chi connectivity index (χ0n) is 11.6. The van der Waals surface area contributed by atoms with Crippen LogP contribution in [-0.4, -0.2) is 36.1 Å². The van der Waals surface area contributed by atoms with E-state index in [2.05, 4.69) is 29.3 Å². The summed E-state index contributed by atoms with van der Waals surface area (Å²) in [5.74, 6) is -1.24. The maximum atomic E-state index is 11.6. The summed E-state index contributed by atoms with van der Waals surface area (Å²) in [6, 6.07) is 8.65. The number of carbonyl (C=O) groups is 2. The molecule has 5 nitrogen and oxygen atoms in total. The Kier molecular flexibility index (Phi) is 4.61. The normalized spacial score (nSPS) is 17.4. The molecule has 0 aromatic heterocycles. The minimum atomic E-state index is -1.02. The minimum Gasteiger partial charge on any atom is -0.480 e. The van der Waals surface area contributed by atoms with Gasteiger partial charge in [-0.25, -0.2) is 0 Å². The molecule has 1 atom stereocenters. The van der Waals surface area contributed by atoms with Gasteiger partial charge < -0.3 is 15.3 Å². The Morgan fingerprint density at radius 1 is 1.40 bits per heavy atom. The number of aryl methyl sites for hydroxylation is 1. The molecule has 0 bridgehead atoms. The summed E-state index contributed by atoms with van der Waals surface area (Å²) in [4.78, 5) is 24.2.